The second-order valence-corrected chi connectivity index (χ2v) is 9.53. The summed E-state index contributed by atoms with van der Waals surface area (Å²) in [5.74, 6) is 6.03. The van der Waals surface area contributed by atoms with Gasteiger partial charge in [-0.15, -0.1) is 5.92 Å². The number of halogens is 1. The Balaban J connectivity index is 2.11. The van der Waals surface area contributed by atoms with E-state index in [2.05, 4.69) is 52.0 Å². The lowest BCUT2D eigenvalue weighted by Gasteiger charge is -2.11. The maximum atomic E-state index is 13.2. The lowest BCUT2D eigenvalue weighted by molar-refractivity contribution is 0.532. The Morgan fingerprint density at radius 2 is 1.81 bits per heavy atom. The molecule has 0 spiro atoms. The fourth-order valence-electron chi connectivity index (χ4n) is 3.72. The lowest BCUT2D eigenvalue weighted by Crippen LogP contribution is -2.19. The number of aryl methyl sites for hydroxylation is 2. The standard InChI is InChI=1S/C23H22IN5O2S/c1-6-7-15-11-26(4)21(30)9-17(15)19-13-27(5)23(31)22-18(19)8-20(29(22)32-24)16-10-25-28(12-16)14(2)3/h8-14H,1-5H3. The highest BCUT2D eigenvalue weighted by molar-refractivity contribution is 14.2. The highest BCUT2D eigenvalue weighted by Crippen LogP contribution is 2.38. The largest absolute Gasteiger partial charge is 0.317 e. The molecule has 0 bridgehead atoms. The predicted molar refractivity (Wildman–Crippen MR) is 139 cm³/mol. The molecule has 0 atom stereocenters. The summed E-state index contributed by atoms with van der Waals surface area (Å²) in [6, 6.07) is 3.82. The number of rotatable bonds is 4. The van der Waals surface area contributed by atoms with E-state index < -0.39 is 0 Å². The van der Waals surface area contributed by atoms with Gasteiger partial charge in [0.05, 0.1) is 11.9 Å². The van der Waals surface area contributed by atoms with E-state index in [1.54, 1.807) is 44.0 Å². The first-order valence-electron chi connectivity index (χ1n) is 9.99. The first-order chi connectivity index (χ1) is 15.3. The van der Waals surface area contributed by atoms with Crippen molar-refractivity contribution in [2.45, 2.75) is 26.8 Å². The van der Waals surface area contributed by atoms with Crippen molar-refractivity contribution in [2.75, 3.05) is 0 Å². The monoisotopic (exact) mass is 559 g/mol. The number of hydrogen-bond acceptors (Lipinski definition) is 4. The quantitative estimate of drug-likeness (QED) is 0.275. The van der Waals surface area contributed by atoms with Crippen molar-refractivity contribution in [3.05, 3.63) is 63.2 Å². The van der Waals surface area contributed by atoms with Crippen molar-refractivity contribution in [2.24, 2.45) is 14.1 Å². The third kappa shape index (κ3) is 3.71. The van der Waals surface area contributed by atoms with Crippen LogP contribution in [0.25, 0.3) is 33.3 Å². The Morgan fingerprint density at radius 3 is 2.44 bits per heavy atom. The average Bonchev–Trinajstić information content (AvgIpc) is 3.38. The Kier molecular flexibility index (Phi) is 6.09. The molecule has 0 saturated carbocycles. The Bertz CT molecular complexity index is 1530. The van der Waals surface area contributed by atoms with Crippen LogP contribution in [0.4, 0.5) is 0 Å². The van der Waals surface area contributed by atoms with E-state index in [0.717, 1.165) is 27.8 Å². The van der Waals surface area contributed by atoms with E-state index >= 15 is 0 Å². The third-order valence-corrected chi connectivity index (χ3v) is 7.07. The molecule has 7 nitrogen and oxygen atoms in total. The van der Waals surface area contributed by atoms with Crippen LogP contribution in [0.2, 0.25) is 0 Å². The van der Waals surface area contributed by atoms with Gasteiger partial charge >= 0.3 is 0 Å². The fourth-order valence-corrected chi connectivity index (χ4v) is 5.42. The van der Waals surface area contributed by atoms with Crippen LogP contribution in [0.3, 0.4) is 0 Å². The molecule has 0 unspecified atom stereocenters. The molecule has 0 aromatic carbocycles. The van der Waals surface area contributed by atoms with E-state index in [1.165, 1.54) is 13.7 Å². The van der Waals surface area contributed by atoms with Crippen molar-refractivity contribution in [1.82, 2.24) is 22.9 Å². The molecule has 4 aromatic heterocycles. The van der Waals surface area contributed by atoms with E-state index in [9.17, 15) is 9.59 Å². The summed E-state index contributed by atoms with van der Waals surface area (Å²) >= 11 is 2.18. The van der Waals surface area contributed by atoms with Crippen LogP contribution < -0.4 is 11.1 Å². The average molecular weight is 559 g/mol. The van der Waals surface area contributed by atoms with Crippen LogP contribution in [0.1, 0.15) is 32.4 Å². The second-order valence-electron chi connectivity index (χ2n) is 7.84. The number of nitrogens with zero attached hydrogens (tertiary/aromatic N) is 5. The molecule has 0 N–H and O–H groups in total. The maximum absolute atomic E-state index is 13.2. The summed E-state index contributed by atoms with van der Waals surface area (Å²) < 4.78 is 6.89. The summed E-state index contributed by atoms with van der Waals surface area (Å²) in [7, 11) is 4.86. The van der Waals surface area contributed by atoms with E-state index in [4.69, 9.17) is 0 Å². The summed E-state index contributed by atoms with van der Waals surface area (Å²) in [5.41, 5.74) is 4.35. The topological polar surface area (TPSA) is 66.8 Å². The SMILES string of the molecule is CC#Cc1cn(C)c(=O)cc1-c1cn(C)c(=O)c2c1cc(-c1cnn(C(C)C)c1)n2SI. The van der Waals surface area contributed by atoms with Gasteiger partial charge in [0.1, 0.15) is 5.52 Å². The molecule has 4 aromatic rings. The Hall–Kier alpha value is -2.71. The summed E-state index contributed by atoms with van der Waals surface area (Å²) in [6.45, 7) is 5.90. The molecular formula is C23H22IN5O2S. The summed E-state index contributed by atoms with van der Waals surface area (Å²) in [4.78, 5) is 25.7. The first-order valence-corrected chi connectivity index (χ1v) is 13.3. The molecule has 32 heavy (non-hydrogen) atoms. The smallest absolute Gasteiger partial charge is 0.275 e. The molecule has 164 valence electrons. The van der Waals surface area contributed by atoms with Crippen LogP contribution in [0.5, 0.6) is 0 Å². The molecule has 0 fully saturated rings. The Labute approximate surface area is 201 Å². The molecule has 9 heteroatoms. The van der Waals surface area contributed by atoms with Crippen molar-refractivity contribution in [1.29, 1.82) is 0 Å². The zero-order chi connectivity index (χ0) is 23.2. The molecule has 0 saturated heterocycles. The lowest BCUT2D eigenvalue weighted by atomic mass is 10.00. The van der Waals surface area contributed by atoms with Gasteiger partial charge in [-0.1, -0.05) is 5.92 Å². The molecule has 0 aliphatic heterocycles. The van der Waals surface area contributed by atoms with Gasteiger partial charge in [0, 0.05) is 103 Å². The minimum absolute atomic E-state index is 0.109. The van der Waals surface area contributed by atoms with Gasteiger partial charge in [0.2, 0.25) is 0 Å². The minimum Gasteiger partial charge on any atom is -0.317 e. The highest BCUT2D eigenvalue weighted by Gasteiger charge is 2.21. The molecular weight excluding hydrogens is 537 g/mol. The third-order valence-electron chi connectivity index (χ3n) is 5.37. The number of fused-ring (bicyclic) bond motifs is 1. The zero-order valence-electron chi connectivity index (χ0n) is 18.4. The maximum Gasteiger partial charge on any atom is 0.275 e. The van der Waals surface area contributed by atoms with Crippen LogP contribution in [-0.4, -0.2) is 22.9 Å². The summed E-state index contributed by atoms with van der Waals surface area (Å²) in [5, 5.41) is 5.24. The Morgan fingerprint density at radius 1 is 1.06 bits per heavy atom. The van der Waals surface area contributed by atoms with E-state index in [-0.39, 0.29) is 17.2 Å². The fraction of sp³-hybridized carbons (Fsp3) is 0.261. The van der Waals surface area contributed by atoms with Crippen molar-refractivity contribution >= 4 is 41.2 Å². The van der Waals surface area contributed by atoms with Crippen LogP contribution in [0, 0.1) is 11.8 Å². The van der Waals surface area contributed by atoms with Gasteiger partial charge in [0.15, 0.2) is 0 Å². The predicted octanol–water partition coefficient (Wildman–Crippen LogP) is 4.37. The highest BCUT2D eigenvalue weighted by atomic mass is 127. The molecule has 0 amide bonds. The van der Waals surface area contributed by atoms with Gasteiger partial charge in [-0.2, -0.15) is 5.10 Å². The molecule has 4 rings (SSSR count). The van der Waals surface area contributed by atoms with Crippen LogP contribution in [-0.2, 0) is 14.1 Å². The summed E-state index contributed by atoms with van der Waals surface area (Å²) in [6.07, 6.45) is 7.32. The van der Waals surface area contributed by atoms with Crippen LogP contribution in [0.15, 0.2) is 46.5 Å². The first kappa shape index (κ1) is 22.5. The molecule has 0 radical (unpaired) electrons. The number of pyridine rings is 2. The van der Waals surface area contributed by atoms with E-state index in [0.29, 0.717) is 11.1 Å². The van der Waals surface area contributed by atoms with Gasteiger partial charge in [-0.3, -0.25) is 18.2 Å². The van der Waals surface area contributed by atoms with Gasteiger partial charge < -0.3 is 9.13 Å². The molecule has 0 aliphatic rings. The van der Waals surface area contributed by atoms with Crippen molar-refractivity contribution in [3.63, 3.8) is 0 Å². The zero-order valence-corrected chi connectivity index (χ0v) is 21.4. The minimum atomic E-state index is -0.134. The number of hydrogen-bond donors (Lipinski definition) is 0. The van der Waals surface area contributed by atoms with E-state index in [1.807, 2.05) is 27.1 Å². The van der Waals surface area contributed by atoms with Crippen LogP contribution >= 0.6 is 30.3 Å². The van der Waals surface area contributed by atoms with Gasteiger partial charge in [0.25, 0.3) is 11.1 Å². The number of aromatic nitrogens is 5. The normalized spacial score (nSPS) is 11.2. The second kappa shape index (κ2) is 8.67. The van der Waals surface area contributed by atoms with Gasteiger partial charge in [-0.25, -0.2) is 0 Å². The van der Waals surface area contributed by atoms with Gasteiger partial charge in [-0.05, 0) is 26.8 Å². The molecule has 0 aliphatic carbocycles. The van der Waals surface area contributed by atoms with Crippen molar-refractivity contribution in [3.8, 4) is 34.2 Å². The van der Waals surface area contributed by atoms with Crippen molar-refractivity contribution < 1.29 is 0 Å². The molecule has 4 heterocycles.